The van der Waals surface area contributed by atoms with Gasteiger partial charge in [0.1, 0.15) is 0 Å². The number of amides is 1. The molecule has 1 aromatic carbocycles. The summed E-state index contributed by atoms with van der Waals surface area (Å²) in [4.78, 5) is 19.7. The summed E-state index contributed by atoms with van der Waals surface area (Å²) in [5.41, 5.74) is -0.296. The van der Waals surface area contributed by atoms with Crippen LogP contribution in [0.25, 0.3) is 5.78 Å². The lowest BCUT2D eigenvalue weighted by Crippen LogP contribution is -2.18. The molecule has 0 saturated carbocycles. The predicted molar refractivity (Wildman–Crippen MR) is 96.7 cm³/mol. The van der Waals surface area contributed by atoms with E-state index < -0.39 is 29.6 Å². The Morgan fingerprint density at radius 1 is 1.10 bits per heavy atom. The molecule has 6 nitrogen and oxygen atoms in total. The number of aromatic nitrogens is 4. The highest BCUT2D eigenvalue weighted by Crippen LogP contribution is 2.36. The number of aryl methyl sites for hydroxylation is 2. The van der Waals surface area contributed by atoms with Crippen molar-refractivity contribution < 1.29 is 31.1 Å². The first-order valence-corrected chi connectivity index (χ1v) is 9.03. The van der Waals surface area contributed by atoms with Crippen LogP contribution >= 0.6 is 15.9 Å². The standard InChI is InChI=1S/C17H12BrF6N5O/c1-7-10(8(2)29-15(25-7)27-14(28-29)17(22,23)24)6-13(30)26-9-3-4-12(18)11(5-9)16(19,20)21/h3-5H,6H2,1-2H3,(H,26,30). The lowest BCUT2D eigenvalue weighted by Gasteiger charge is -2.13. The first-order valence-electron chi connectivity index (χ1n) is 8.24. The summed E-state index contributed by atoms with van der Waals surface area (Å²) in [6, 6.07) is 3.21. The van der Waals surface area contributed by atoms with Crippen molar-refractivity contribution in [3.8, 4) is 0 Å². The Kier molecular flexibility index (Phi) is 5.52. The molecule has 0 spiro atoms. The van der Waals surface area contributed by atoms with Crippen molar-refractivity contribution in [3.63, 3.8) is 0 Å². The summed E-state index contributed by atoms with van der Waals surface area (Å²) in [6.07, 6.45) is -9.71. The van der Waals surface area contributed by atoms with E-state index in [1.807, 2.05) is 0 Å². The van der Waals surface area contributed by atoms with Gasteiger partial charge in [-0.1, -0.05) is 15.9 Å². The molecule has 3 rings (SSSR count). The number of alkyl halides is 6. The minimum Gasteiger partial charge on any atom is -0.326 e. The van der Waals surface area contributed by atoms with Crippen LogP contribution in [0, 0.1) is 13.8 Å². The van der Waals surface area contributed by atoms with Crippen LogP contribution in [0.2, 0.25) is 0 Å². The van der Waals surface area contributed by atoms with Gasteiger partial charge in [-0.3, -0.25) is 4.79 Å². The number of hydrogen-bond acceptors (Lipinski definition) is 4. The number of rotatable bonds is 3. The zero-order chi connectivity index (χ0) is 22.4. The van der Waals surface area contributed by atoms with E-state index in [4.69, 9.17) is 0 Å². The van der Waals surface area contributed by atoms with E-state index in [9.17, 15) is 31.1 Å². The monoisotopic (exact) mass is 495 g/mol. The highest BCUT2D eigenvalue weighted by molar-refractivity contribution is 9.10. The number of fused-ring (bicyclic) bond motifs is 1. The second-order valence-electron chi connectivity index (χ2n) is 6.32. The van der Waals surface area contributed by atoms with Gasteiger partial charge in [-0.15, -0.1) is 5.10 Å². The van der Waals surface area contributed by atoms with Crippen molar-refractivity contribution in [2.45, 2.75) is 32.6 Å². The van der Waals surface area contributed by atoms with Crippen LogP contribution in [-0.4, -0.2) is 25.5 Å². The average Bonchev–Trinajstić information content (AvgIpc) is 3.04. The fourth-order valence-corrected chi connectivity index (χ4v) is 3.24. The zero-order valence-corrected chi connectivity index (χ0v) is 16.9. The molecule has 0 atom stereocenters. The Bertz CT molecular complexity index is 1140. The molecule has 0 fully saturated rings. The normalized spacial score (nSPS) is 12.4. The molecule has 0 bridgehead atoms. The van der Waals surface area contributed by atoms with Crippen LogP contribution in [0.3, 0.4) is 0 Å². The minimum atomic E-state index is -4.76. The van der Waals surface area contributed by atoms with Gasteiger partial charge in [-0.25, -0.2) is 9.50 Å². The zero-order valence-electron chi connectivity index (χ0n) is 15.3. The van der Waals surface area contributed by atoms with Crippen LogP contribution in [-0.2, 0) is 23.6 Å². The van der Waals surface area contributed by atoms with E-state index >= 15 is 0 Å². The van der Waals surface area contributed by atoms with Crippen molar-refractivity contribution in [1.82, 2.24) is 19.6 Å². The fourth-order valence-electron chi connectivity index (χ4n) is 2.77. The molecule has 0 unspecified atom stereocenters. The van der Waals surface area contributed by atoms with Gasteiger partial charge in [0.2, 0.25) is 5.91 Å². The number of carbonyl (C=O) groups excluding carboxylic acids is 1. The van der Waals surface area contributed by atoms with Crippen molar-refractivity contribution in [2.75, 3.05) is 5.32 Å². The maximum absolute atomic E-state index is 13.0. The van der Waals surface area contributed by atoms with Gasteiger partial charge >= 0.3 is 12.4 Å². The molecule has 3 aromatic rings. The average molecular weight is 496 g/mol. The maximum Gasteiger partial charge on any atom is 0.453 e. The van der Waals surface area contributed by atoms with Gasteiger partial charge in [0.05, 0.1) is 12.0 Å². The smallest absolute Gasteiger partial charge is 0.326 e. The van der Waals surface area contributed by atoms with E-state index in [0.717, 1.165) is 16.6 Å². The number of benzene rings is 1. The van der Waals surface area contributed by atoms with Crippen molar-refractivity contribution in [3.05, 3.63) is 51.0 Å². The van der Waals surface area contributed by atoms with Crippen LogP contribution < -0.4 is 5.32 Å². The molecule has 1 amide bonds. The summed E-state index contributed by atoms with van der Waals surface area (Å²) >= 11 is 2.81. The summed E-state index contributed by atoms with van der Waals surface area (Å²) in [6.45, 7) is 2.93. The number of hydrogen-bond donors (Lipinski definition) is 1. The van der Waals surface area contributed by atoms with Crippen molar-refractivity contribution in [1.29, 1.82) is 0 Å². The van der Waals surface area contributed by atoms with Gasteiger partial charge < -0.3 is 5.32 Å². The fraction of sp³-hybridized carbons (Fsp3) is 0.294. The Labute approximate surface area is 173 Å². The predicted octanol–water partition coefficient (Wildman–Crippen LogP) is 4.72. The third-order valence-electron chi connectivity index (χ3n) is 4.20. The molecule has 0 radical (unpaired) electrons. The first-order chi connectivity index (χ1) is 13.8. The molecule has 2 aromatic heterocycles. The number of halogens is 7. The van der Waals surface area contributed by atoms with Crippen LogP contribution in [0.5, 0.6) is 0 Å². The third-order valence-corrected chi connectivity index (χ3v) is 4.89. The second-order valence-corrected chi connectivity index (χ2v) is 7.18. The molecule has 160 valence electrons. The third kappa shape index (κ3) is 4.40. The van der Waals surface area contributed by atoms with Crippen molar-refractivity contribution in [2.24, 2.45) is 0 Å². The summed E-state index contributed by atoms with van der Waals surface area (Å²) < 4.78 is 78.2. The van der Waals surface area contributed by atoms with E-state index in [-0.39, 0.29) is 39.3 Å². The van der Waals surface area contributed by atoms with Gasteiger partial charge in [0, 0.05) is 27.1 Å². The Hall–Kier alpha value is -2.70. The lowest BCUT2D eigenvalue weighted by atomic mass is 10.1. The highest BCUT2D eigenvalue weighted by atomic mass is 79.9. The molecule has 30 heavy (non-hydrogen) atoms. The summed E-state index contributed by atoms with van der Waals surface area (Å²) in [5.74, 6) is -2.31. The summed E-state index contributed by atoms with van der Waals surface area (Å²) in [5, 5.41) is 5.73. The van der Waals surface area contributed by atoms with Crippen LogP contribution in [0.4, 0.5) is 32.0 Å². The molecule has 2 heterocycles. The van der Waals surface area contributed by atoms with Crippen LogP contribution in [0.15, 0.2) is 22.7 Å². The first kappa shape index (κ1) is 22.0. The Balaban J connectivity index is 1.88. The Morgan fingerprint density at radius 3 is 2.37 bits per heavy atom. The quantitative estimate of drug-likeness (QED) is 0.533. The van der Waals surface area contributed by atoms with Gasteiger partial charge in [0.15, 0.2) is 0 Å². The molecular weight excluding hydrogens is 484 g/mol. The van der Waals surface area contributed by atoms with E-state index in [2.05, 4.69) is 36.3 Å². The molecule has 0 aliphatic heterocycles. The highest BCUT2D eigenvalue weighted by Gasteiger charge is 2.37. The number of anilines is 1. The number of nitrogens with one attached hydrogen (secondary N) is 1. The van der Waals surface area contributed by atoms with E-state index in [0.29, 0.717) is 0 Å². The maximum atomic E-state index is 13.0. The largest absolute Gasteiger partial charge is 0.453 e. The summed E-state index contributed by atoms with van der Waals surface area (Å²) in [7, 11) is 0. The minimum absolute atomic E-state index is 0.0834. The molecule has 13 heteroatoms. The molecule has 1 N–H and O–H groups in total. The number of nitrogens with zero attached hydrogens (tertiary/aromatic N) is 4. The van der Waals surface area contributed by atoms with E-state index in [1.165, 1.54) is 19.9 Å². The SMILES string of the molecule is Cc1nc2nc(C(F)(F)F)nn2c(C)c1CC(=O)Nc1ccc(Br)c(C(F)(F)F)c1. The van der Waals surface area contributed by atoms with E-state index in [1.54, 1.807) is 0 Å². The van der Waals surface area contributed by atoms with Crippen molar-refractivity contribution >= 4 is 33.3 Å². The van der Waals surface area contributed by atoms with Crippen LogP contribution in [0.1, 0.15) is 28.3 Å². The van der Waals surface area contributed by atoms with Gasteiger partial charge in [0.25, 0.3) is 11.6 Å². The van der Waals surface area contributed by atoms with Gasteiger partial charge in [-0.05, 0) is 32.0 Å². The molecule has 0 aliphatic carbocycles. The second kappa shape index (κ2) is 7.52. The molecule has 0 saturated heterocycles. The van der Waals surface area contributed by atoms with Gasteiger partial charge in [-0.2, -0.15) is 31.3 Å². The molecular formula is C17H12BrF6N5O. The lowest BCUT2D eigenvalue weighted by molar-refractivity contribution is -0.144. The Morgan fingerprint density at radius 2 is 1.77 bits per heavy atom. The number of carbonyl (C=O) groups is 1. The molecule has 0 aliphatic rings. The topological polar surface area (TPSA) is 72.2 Å².